The van der Waals surface area contributed by atoms with Gasteiger partial charge in [0.25, 0.3) is 5.56 Å². The van der Waals surface area contributed by atoms with Crippen LogP contribution in [0.2, 0.25) is 0 Å². The normalized spacial score (nSPS) is 11.4. The van der Waals surface area contributed by atoms with Gasteiger partial charge < -0.3 is 5.73 Å². The van der Waals surface area contributed by atoms with Gasteiger partial charge in [-0.3, -0.25) is 9.78 Å². The fourth-order valence-corrected chi connectivity index (χ4v) is 2.29. The summed E-state index contributed by atoms with van der Waals surface area (Å²) in [4.78, 5) is 19.9. The van der Waals surface area contributed by atoms with Crippen LogP contribution in [-0.4, -0.2) is 9.97 Å². The maximum absolute atomic E-state index is 11.5. The number of nitrogens with zero attached hydrogens (tertiary/aromatic N) is 1. The molecule has 3 N–H and O–H groups in total. The van der Waals surface area contributed by atoms with E-state index in [2.05, 4.69) is 23.8 Å². The molecule has 0 radical (unpaired) electrons. The standard InChI is InChI=1S/C9H11N3OS/c1-4(2)6-3-5-7(13)11-9(10)12-8(5)14-6/h3-4H,1-2H3,(H3,10,11,12,13). The first-order chi connectivity index (χ1) is 6.58. The molecule has 0 amide bonds. The zero-order valence-electron chi connectivity index (χ0n) is 8.00. The van der Waals surface area contributed by atoms with Crippen LogP contribution in [0.25, 0.3) is 10.2 Å². The van der Waals surface area contributed by atoms with Crippen LogP contribution < -0.4 is 11.3 Å². The summed E-state index contributed by atoms with van der Waals surface area (Å²) in [6.07, 6.45) is 0. The van der Waals surface area contributed by atoms with Crippen molar-refractivity contribution < 1.29 is 0 Å². The van der Waals surface area contributed by atoms with Crippen molar-refractivity contribution >= 4 is 27.5 Å². The average molecular weight is 209 g/mol. The molecule has 4 nitrogen and oxygen atoms in total. The van der Waals surface area contributed by atoms with Gasteiger partial charge in [0.1, 0.15) is 4.83 Å². The lowest BCUT2D eigenvalue weighted by Gasteiger charge is -1.95. The Bertz CT molecular complexity index is 526. The summed E-state index contributed by atoms with van der Waals surface area (Å²) in [5.74, 6) is 0.592. The Morgan fingerprint density at radius 3 is 2.93 bits per heavy atom. The number of rotatable bonds is 1. The van der Waals surface area contributed by atoms with Gasteiger partial charge in [0, 0.05) is 4.88 Å². The van der Waals surface area contributed by atoms with Gasteiger partial charge in [-0.05, 0) is 12.0 Å². The highest BCUT2D eigenvalue weighted by Gasteiger charge is 2.09. The van der Waals surface area contributed by atoms with Crippen molar-refractivity contribution in [3.8, 4) is 0 Å². The Labute approximate surface area is 84.8 Å². The summed E-state index contributed by atoms with van der Waals surface area (Å²) in [5, 5.41) is 0.632. The van der Waals surface area contributed by atoms with Crippen LogP contribution in [0, 0.1) is 0 Å². The Hall–Kier alpha value is -1.36. The van der Waals surface area contributed by atoms with E-state index in [0.717, 1.165) is 9.71 Å². The quantitative estimate of drug-likeness (QED) is 0.750. The molecule has 0 unspecified atom stereocenters. The Kier molecular flexibility index (Phi) is 2.03. The minimum atomic E-state index is -0.157. The number of aromatic amines is 1. The number of aromatic nitrogens is 2. The highest BCUT2D eigenvalue weighted by atomic mass is 32.1. The van der Waals surface area contributed by atoms with Gasteiger partial charge in [-0.25, -0.2) is 4.98 Å². The number of nitrogens with one attached hydrogen (secondary N) is 1. The number of nitrogens with two attached hydrogens (primary N) is 1. The van der Waals surface area contributed by atoms with E-state index in [4.69, 9.17) is 5.73 Å². The maximum atomic E-state index is 11.5. The SMILES string of the molecule is CC(C)c1cc2c(=O)[nH]c(N)nc2s1. The molecule has 0 aliphatic heterocycles. The van der Waals surface area contributed by atoms with Gasteiger partial charge in [0.2, 0.25) is 5.95 Å². The predicted octanol–water partition coefficient (Wildman–Crippen LogP) is 1.69. The van der Waals surface area contributed by atoms with E-state index in [0.29, 0.717) is 11.3 Å². The third kappa shape index (κ3) is 1.39. The monoisotopic (exact) mass is 209 g/mol. The molecular formula is C9H11N3OS. The second-order valence-electron chi connectivity index (χ2n) is 3.47. The lowest BCUT2D eigenvalue weighted by molar-refractivity contribution is 0.890. The zero-order valence-corrected chi connectivity index (χ0v) is 8.81. The Balaban J connectivity index is 2.77. The largest absolute Gasteiger partial charge is 0.369 e. The first-order valence-electron chi connectivity index (χ1n) is 4.37. The molecule has 0 aromatic carbocycles. The highest BCUT2D eigenvalue weighted by Crippen LogP contribution is 2.27. The highest BCUT2D eigenvalue weighted by molar-refractivity contribution is 7.18. The van der Waals surface area contributed by atoms with Crippen LogP contribution in [0.5, 0.6) is 0 Å². The number of nitrogen functional groups attached to an aromatic ring is 1. The van der Waals surface area contributed by atoms with Crippen molar-refractivity contribution in [1.82, 2.24) is 9.97 Å². The van der Waals surface area contributed by atoms with Gasteiger partial charge in [-0.1, -0.05) is 13.8 Å². The van der Waals surface area contributed by atoms with Crippen LogP contribution >= 0.6 is 11.3 Å². The first kappa shape index (κ1) is 9.21. The molecule has 0 fully saturated rings. The van der Waals surface area contributed by atoms with E-state index >= 15 is 0 Å². The number of fused-ring (bicyclic) bond motifs is 1. The van der Waals surface area contributed by atoms with Crippen molar-refractivity contribution in [2.24, 2.45) is 0 Å². The van der Waals surface area contributed by atoms with Crippen LogP contribution in [0.3, 0.4) is 0 Å². The lowest BCUT2D eigenvalue weighted by Crippen LogP contribution is -2.09. The second-order valence-corrected chi connectivity index (χ2v) is 4.54. The average Bonchev–Trinajstić information content (AvgIpc) is 2.47. The molecule has 0 aliphatic carbocycles. The minimum Gasteiger partial charge on any atom is -0.369 e. The molecule has 2 heterocycles. The van der Waals surface area contributed by atoms with E-state index in [9.17, 15) is 4.79 Å². The number of hydrogen-bond acceptors (Lipinski definition) is 4. The molecule has 0 saturated carbocycles. The molecule has 0 spiro atoms. The summed E-state index contributed by atoms with van der Waals surface area (Å²) < 4.78 is 0. The van der Waals surface area contributed by atoms with Crippen LogP contribution in [0.4, 0.5) is 5.95 Å². The van der Waals surface area contributed by atoms with E-state index in [-0.39, 0.29) is 11.5 Å². The van der Waals surface area contributed by atoms with Crippen LogP contribution in [-0.2, 0) is 0 Å². The van der Waals surface area contributed by atoms with Crippen LogP contribution in [0.1, 0.15) is 24.6 Å². The number of anilines is 1. The summed E-state index contributed by atoms with van der Waals surface area (Å²) in [7, 11) is 0. The summed E-state index contributed by atoms with van der Waals surface area (Å²) in [6, 6.07) is 1.88. The third-order valence-corrected chi connectivity index (χ3v) is 3.34. The fraction of sp³-hybridized carbons (Fsp3) is 0.333. The number of H-pyrrole nitrogens is 1. The van der Waals surface area contributed by atoms with Crippen molar-refractivity contribution in [2.75, 3.05) is 5.73 Å². The van der Waals surface area contributed by atoms with Gasteiger partial charge in [-0.2, -0.15) is 0 Å². The molecule has 2 aromatic heterocycles. The second kappa shape index (κ2) is 3.09. The first-order valence-corrected chi connectivity index (χ1v) is 5.19. The van der Waals surface area contributed by atoms with Gasteiger partial charge in [0.05, 0.1) is 5.39 Å². The minimum absolute atomic E-state index is 0.157. The van der Waals surface area contributed by atoms with E-state index in [1.54, 1.807) is 0 Å². The van der Waals surface area contributed by atoms with Gasteiger partial charge in [-0.15, -0.1) is 11.3 Å². The molecule has 2 rings (SSSR count). The molecule has 74 valence electrons. The third-order valence-electron chi connectivity index (χ3n) is 2.01. The van der Waals surface area contributed by atoms with Gasteiger partial charge >= 0.3 is 0 Å². The Morgan fingerprint density at radius 2 is 2.29 bits per heavy atom. The predicted molar refractivity (Wildman–Crippen MR) is 58.7 cm³/mol. The van der Waals surface area contributed by atoms with Crippen molar-refractivity contribution in [1.29, 1.82) is 0 Å². The molecule has 0 atom stereocenters. The lowest BCUT2D eigenvalue weighted by atomic mass is 10.2. The maximum Gasteiger partial charge on any atom is 0.261 e. The van der Waals surface area contributed by atoms with Crippen LogP contribution in [0.15, 0.2) is 10.9 Å². The summed E-state index contributed by atoms with van der Waals surface area (Å²) in [5.41, 5.74) is 5.29. The molecule has 14 heavy (non-hydrogen) atoms. The molecule has 5 heteroatoms. The Morgan fingerprint density at radius 1 is 1.57 bits per heavy atom. The van der Waals surface area contributed by atoms with E-state index < -0.39 is 0 Å². The fourth-order valence-electron chi connectivity index (χ4n) is 1.25. The van der Waals surface area contributed by atoms with Crippen molar-refractivity contribution in [3.05, 3.63) is 21.3 Å². The topological polar surface area (TPSA) is 71.8 Å². The molecule has 0 saturated heterocycles. The van der Waals surface area contributed by atoms with Crippen molar-refractivity contribution in [3.63, 3.8) is 0 Å². The smallest absolute Gasteiger partial charge is 0.261 e. The molecular weight excluding hydrogens is 198 g/mol. The van der Waals surface area contributed by atoms with E-state index in [1.807, 2.05) is 6.07 Å². The summed E-state index contributed by atoms with van der Waals surface area (Å²) in [6.45, 7) is 4.17. The number of thiophene rings is 1. The van der Waals surface area contributed by atoms with E-state index in [1.165, 1.54) is 11.3 Å². The number of hydrogen-bond donors (Lipinski definition) is 2. The molecule has 0 bridgehead atoms. The molecule has 0 aliphatic rings. The molecule has 2 aromatic rings. The van der Waals surface area contributed by atoms with Crippen molar-refractivity contribution in [2.45, 2.75) is 19.8 Å². The van der Waals surface area contributed by atoms with Gasteiger partial charge in [0.15, 0.2) is 0 Å². The zero-order chi connectivity index (χ0) is 10.3. The summed E-state index contributed by atoms with van der Waals surface area (Å²) >= 11 is 1.52.